The number of thiazole rings is 1. The number of rotatable bonds is 11. The summed E-state index contributed by atoms with van der Waals surface area (Å²) in [6.07, 6.45) is 1.22. The summed E-state index contributed by atoms with van der Waals surface area (Å²) in [5, 5.41) is 4.05. The molecule has 1 saturated heterocycles. The number of sulfonamides is 1. The van der Waals surface area contributed by atoms with E-state index in [0.717, 1.165) is 22.6 Å². The van der Waals surface area contributed by atoms with E-state index in [1.807, 2.05) is 38.1 Å². The lowest BCUT2D eigenvalue weighted by molar-refractivity contribution is -0.145. The van der Waals surface area contributed by atoms with Crippen molar-refractivity contribution in [2.45, 2.75) is 50.9 Å². The topological polar surface area (TPSA) is 150 Å². The van der Waals surface area contributed by atoms with Crippen molar-refractivity contribution in [2.75, 3.05) is 37.9 Å². The number of esters is 2. The molecule has 1 aromatic heterocycles. The van der Waals surface area contributed by atoms with Gasteiger partial charge in [0.15, 0.2) is 11.5 Å². The Bertz CT molecular complexity index is 1540. The fraction of sp³-hybridized carbons (Fsp3) is 0.414. The number of hydrogen-bond acceptors (Lipinski definition) is 11. The first-order valence-corrected chi connectivity index (χ1v) is 15.9. The summed E-state index contributed by atoms with van der Waals surface area (Å²) in [7, 11) is -2.30. The van der Waals surface area contributed by atoms with E-state index in [2.05, 4.69) is 10.3 Å². The zero-order chi connectivity index (χ0) is 30.5. The molecule has 13 heteroatoms. The molecule has 0 spiro atoms. The predicted octanol–water partition coefficient (Wildman–Crippen LogP) is 4.31. The van der Waals surface area contributed by atoms with E-state index < -0.39 is 27.5 Å². The zero-order valence-electron chi connectivity index (χ0n) is 24.1. The molecular weight excluding hydrogens is 580 g/mol. The Morgan fingerprint density at radius 3 is 2.64 bits per heavy atom. The van der Waals surface area contributed by atoms with E-state index in [0.29, 0.717) is 35.6 Å². The van der Waals surface area contributed by atoms with Crippen LogP contribution >= 0.6 is 11.3 Å². The summed E-state index contributed by atoms with van der Waals surface area (Å²) in [5.41, 5.74) is 8.00. The van der Waals surface area contributed by atoms with Gasteiger partial charge in [0.05, 0.1) is 19.5 Å². The maximum Gasteiger partial charge on any atom is 0.353 e. The van der Waals surface area contributed by atoms with Gasteiger partial charge >= 0.3 is 11.9 Å². The summed E-state index contributed by atoms with van der Waals surface area (Å²) in [6.45, 7) is 5.78. The maximum absolute atomic E-state index is 13.4. The van der Waals surface area contributed by atoms with Gasteiger partial charge in [0.2, 0.25) is 15.9 Å². The van der Waals surface area contributed by atoms with E-state index >= 15 is 0 Å². The molecule has 3 N–H and O–H groups in total. The van der Waals surface area contributed by atoms with Crippen molar-refractivity contribution in [1.29, 1.82) is 0 Å². The molecule has 1 fully saturated rings. The number of nitrogen functional groups attached to an aromatic ring is 1. The van der Waals surface area contributed by atoms with E-state index in [4.69, 9.17) is 19.9 Å². The second kappa shape index (κ2) is 13.1. The molecule has 2 heterocycles. The van der Waals surface area contributed by atoms with Gasteiger partial charge in [0.1, 0.15) is 5.01 Å². The van der Waals surface area contributed by atoms with Crippen LogP contribution in [0.5, 0.6) is 5.88 Å². The number of hydrogen-bond donors (Lipinski definition) is 2. The van der Waals surface area contributed by atoms with Crippen molar-refractivity contribution in [3.05, 3.63) is 59.0 Å². The highest BCUT2D eigenvalue weighted by Gasteiger charge is 2.41. The van der Waals surface area contributed by atoms with Crippen LogP contribution in [-0.4, -0.2) is 68.1 Å². The van der Waals surface area contributed by atoms with Gasteiger partial charge in [-0.15, -0.1) is 11.3 Å². The highest BCUT2D eigenvalue weighted by atomic mass is 32.2. The van der Waals surface area contributed by atoms with Crippen LogP contribution in [0.25, 0.3) is 10.6 Å². The molecule has 11 nitrogen and oxygen atoms in total. The second-order valence-electron chi connectivity index (χ2n) is 10.5. The second-order valence-corrected chi connectivity index (χ2v) is 13.4. The molecule has 0 radical (unpaired) electrons. The molecule has 226 valence electrons. The van der Waals surface area contributed by atoms with Gasteiger partial charge in [0, 0.05) is 35.1 Å². The Morgan fingerprint density at radius 1 is 1.19 bits per heavy atom. The fourth-order valence-electron chi connectivity index (χ4n) is 5.05. The lowest BCUT2D eigenvalue weighted by Crippen LogP contribution is -2.55. The number of anilines is 2. The molecule has 1 unspecified atom stereocenters. The molecular formula is C29H36N4O7S2. The molecule has 0 saturated carbocycles. The highest BCUT2D eigenvalue weighted by Crippen LogP contribution is 2.36. The number of aromatic nitrogens is 1. The standard InChI is InChI=1S/C29H36N4O7S2/c1-5-39-24(34)17-40-26-25(28(35)38-4)41-27(32-26)20-9-7-11-22(15-20)31-23-12-13-33(29(2,3)16-23)42(36,37)18-19-8-6-10-21(30)14-19/h6-11,14-15,23,31H,5,12-13,16-18,30H2,1-4H3. The summed E-state index contributed by atoms with van der Waals surface area (Å²) in [6, 6.07) is 14.5. The van der Waals surface area contributed by atoms with Gasteiger partial charge in [-0.25, -0.2) is 23.0 Å². The Labute approximate surface area is 250 Å². The summed E-state index contributed by atoms with van der Waals surface area (Å²) >= 11 is 1.10. The third-order valence-corrected chi connectivity index (χ3v) is 9.93. The number of carbonyl (C=O) groups is 2. The average molecular weight is 617 g/mol. The number of benzene rings is 2. The van der Waals surface area contributed by atoms with Gasteiger partial charge in [-0.2, -0.15) is 4.31 Å². The summed E-state index contributed by atoms with van der Waals surface area (Å²) < 4.78 is 43.5. The molecule has 1 atom stereocenters. The molecule has 4 rings (SSSR count). The van der Waals surface area contributed by atoms with Crippen LogP contribution in [0.4, 0.5) is 11.4 Å². The van der Waals surface area contributed by atoms with Crippen LogP contribution in [-0.2, 0) is 30.0 Å². The number of methoxy groups -OCH3 is 1. The van der Waals surface area contributed by atoms with E-state index in [1.54, 1.807) is 35.5 Å². The normalized spacial score (nSPS) is 16.9. The van der Waals surface area contributed by atoms with Crippen LogP contribution in [0.1, 0.15) is 48.8 Å². The number of ether oxygens (including phenoxy) is 3. The molecule has 1 aliphatic heterocycles. The Hall–Kier alpha value is -3.68. The van der Waals surface area contributed by atoms with Crippen molar-refractivity contribution in [3.8, 4) is 16.5 Å². The monoisotopic (exact) mass is 616 g/mol. The molecule has 1 aliphatic rings. The number of nitrogens with two attached hydrogens (primary N) is 1. The van der Waals surface area contributed by atoms with E-state index in [1.165, 1.54) is 7.11 Å². The van der Waals surface area contributed by atoms with Gasteiger partial charge in [-0.3, -0.25) is 0 Å². The van der Waals surface area contributed by atoms with Crippen molar-refractivity contribution >= 4 is 44.7 Å². The van der Waals surface area contributed by atoms with Gasteiger partial charge in [-0.05, 0) is 63.4 Å². The quantitative estimate of drug-likeness (QED) is 0.236. The molecule has 0 bridgehead atoms. The average Bonchev–Trinajstić information content (AvgIpc) is 3.35. The first-order chi connectivity index (χ1) is 19.9. The minimum absolute atomic E-state index is 0.00165. The molecule has 3 aromatic rings. The summed E-state index contributed by atoms with van der Waals surface area (Å²) in [4.78, 5) is 28.7. The summed E-state index contributed by atoms with van der Waals surface area (Å²) in [5.74, 6) is -1.29. The van der Waals surface area contributed by atoms with Crippen LogP contribution < -0.4 is 15.8 Å². The van der Waals surface area contributed by atoms with Crippen LogP contribution in [0.3, 0.4) is 0 Å². The SMILES string of the molecule is CCOC(=O)COc1nc(-c2cccc(NC3CCN(S(=O)(=O)Cc4cccc(N)c4)C(C)(C)C3)c2)sc1C(=O)OC. The van der Waals surface area contributed by atoms with Crippen LogP contribution in [0.15, 0.2) is 48.5 Å². The number of nitrogens with one attached hydrogen (secondary N) is 1. The minimum atomic E-state index is -3.56. The van der Waals surface area contributed by atoms with Crippen molar-refractivity contribution < 1.29 is 32.2 Å². The van der Waals surface area contributed by atoms with Crippen molar-refractivity contribution in [2.24, 2.45) is 0 Å². The third-order valence-electron chi connectivity index (χ3n) is 6.82. The predicted molar refractivity (Wildman–Crippen MR) is 162 cm³/mol. The first-order valence-electron chi connectivity index (χ1n) is 13.5. The minimum Gasteiger partial charge on any atom is -0.465 e. The number of nitrogens with zero attached hydrogens (tertiary/aromatic N) is 2. The largest absolute Gasteiger partial charge is 0.465 e. The molecule has 0 amide bonds. The zero-order valence-corrected chi connectivity index (χ0v) is 25.7. The van der Waals surface area contributed by atoms with Gasteiger partial charge in [0.25, 0.3) is 0 Å². The number of carbonyl (C=O) groups excluding carboxylic acids is 2. The van der Waals surface area contributed by atoms with Gasteiger partial charge < -0.3 is 25.3 Å². The van der Waals surface area contributed by atoms with Crippen LogP contribution in [0, 0.1) is 0 Å². The van der Waals surface area contributed by atoms with Crippen LogP contribution in [0.2, 0.25) is 0 Å². The molecule has 2 aromatic carbocycles. The van der Waals surface area contributed by atoms with E-state index in [-0.39, 0.29) is 35.8 Å². The van der Waals surface area contributed by atoms with Gasteiger partial charge in [-0.1, -0.05) is 24.3 Å². The highest BCUT2D eigenvalue weighted by molar-refractivity contribution is 7.88. The van der Waals surface area contributed by atoms with Crippen molar-refractivity contribution in [1.82, 2.24) is 9.29 Å². The third kappa shape index (κ3) is 7.58. The van der Waals surface area contributed by atoms with Crippen molar-refractivity contribution in [3.63, 3.8) is 0 Å². The maximum atomic E-state index is 13.4. The van der Waals surface area contributed by atoms with E-state index in [9.17, 15) is 18.0 Å². The molecule has 42 heavy (non-hydrogen) atoms. The Morgan fingerprint density at radius 2 is 1.95 bits per heavy atom. The lowest BCUT2D eigenvalue weighted by Gasteiger charge is -2.45. The number of piperidine rings is 1. The smallest absolute Gasteiger partial charge is 0.353 e. The Balaban J connectivity index is 1.46. The first kappa shape index (κ1) is 31.3. The lowest BCUT2D eigenvalue weighted by atomic mass is 9.89. The molecule has 0 aliphatic carbocycles. The Kier molecular flexibility index (Phi) is 9.74. The fourth-order valence-corrected chi connectivity index (χ4v) is 7.94.